The van der Waals surface area contributed by atoms with Crippen molar-refractivity contribution in [2.75, 3.05) is 31.1 Å². The Labute approximate surface area is 187 Å². The van der Waals surface area contributed by atoms with Crippen molar-refractivity contribution in [1.29, 1.82) is 0 Å². The molecule has 8 heteroatoms. The standard InChI is InChI=1S/C23H27F3N4.ClH/c24-23(25,26)18-5-1-3-16(13-18)17-4-2-12-30(14-17)22-19-8-10-27-11-9-20(19)28-21(29-22)15-6-7-15;/h1,3,5,13,15,17,27H,2,4,6-12,14H2;1H. The van der Waals surface area contributed by atoms with E-state index in [0.717, 1.165) is 87.1 Å². The van der Waals surface area contributed by atoms with Crippen LogP contribution in [0.2, 0.25) is 0 Å². The van der Waals surface area contributed by atoms with Crippen LogP contribution in [0.5, 0.6) is 0 Å². The second kappa shape index (κ2) is 8.94. The Morgan fingerprint density at radius 2 is 1.81 bits per heavy atom. The molecule has 1 unspecified atom stereocenters. The minimum Gasteiger partial charge on any atom is -0.356 e. The minimum absolute atomic E-state index is 0. The number of fused-ring (bicyclic) bond motifs is 1. The van der Waals surface area contributed by atoms with E-state index >= 15 is 0 Å². The first-order valence-electron chi connectivity index (χ1n) is 11.0. The number of piperidine rings is 1. The summed E-state index contributed by atoms with van der Waals surface area (Å²) in [6, 6.07) is 5.85. The topological polar surface area (TPSA) is 41.1 Å². The second-order valence-electron chi connectivity index (χ2n) is 8.76. The molecule has 3 aliphatic rings. The Balaban J connectivity index is 0.00000231. The maximum Gasteiger partial charge on any atom is 0.416 e. The third kappa shape index (κ3) is 4.82. The molecule has 1 aromatic heterocycles. The van der Waals surface area contributed by atoms with Crippen molar-refractivity contribution in [2.45, 2.75) is 56.5 Å². The maximum absolute atomic E-state index is 13.2. The first-order valence-corrected chi connectivity index (χ1v) is 11.0. The number of anilines is 1. The van der Waals surface area contributed by atoms with Gasteiger partial charge in [-0.2, -0.15) is 13.2 Å². The molecule has 1 aliphatic carbocycles. The van der Waals surface area contributed by atoms with Crippen molar-refractivity contribution in [3.63, 3.8) is 0 Å². The Morgan fingerprint density at radius 1 is 1.00 bits per heavy atom. The van der Waals surface area contributed by atoms with Gasteiger partial charge in [-0.1, -0.05) is 18.2 Å². The largest absolute Gasteiger partial charge is 0.416 e. The molecule has 1 N–H and O–H groups in total. The number of halogens is 4. The molecule has 2 aliphatic heterocycles. The van der Waals surface area contributed by atoms with Crippen LogP contribution in [-0.4, -0.2) is 36.1 Å². The predicted octanol–water partition coefficient (Wildman–Crippen LogP) is 4.87. The highest BCUT2D eigenvalue weighted by Gasteiger charge is 2.33. The van der Waals surface area contributed by atoms with Gasteiger partial charge in [0.1, 0.15) is 11.6 Å². The van der Waals surface area contributed by atoms with Gasteiger partial charge in [0.25, 0.3) is 0 Å². The first-order chi connectivity index (χ1) is 14.5. The van der Waals surface area contributed by atoms with Crippen molar-refractivity contribution >= 4 is 18.2 Å². The lowest BCUT2D eigenvalue weighted by atomic mass is 9.89. The molecule has 0 spiro atoms. The lowest BCUT2D eigenvalue weighted by molar-refractivity contribution is -0.137. The van der Waals surface area contributed by atoms with E-state index in [-0.39, 0.29) is 18.3 Å². The van der Waals surface area contributed by atoms with Gasteiger partial charge in [0.15, 0.2) is 0 Å². The van der Waals surface area contributed by atoms with Crippen LogP contribution in [0, 0.1) is 0 Å². The van der Waals surface area contributed by atoms with Gasteiger partial charge in [-0.05, 0) is 50.3 Å². The molecule has 31 heavy (non-hydrogen) atoms. The summed E-state index contributed by atoms with van der Waals surface area (Å²) in [6.45, 7) is 3.45. The van der Waals surface area contributed by atoms with E-state index < -0.39 is 11.7 Å². The second-order valence-corrected chi connectivity index (χ2v) is 8.76. The molecule has 3 heterocycles. The minimum atomic E-state index is -4.31. The van der Waals surface area contributed by atoms with Crippen molar-refractivity contribution in [3.8, 4) is 0 Å². The average Bonchev–Trinajstić information content (AvgIpc) is 3.59. The third-order valence-corrected chi connectivity index (χ3v) is 6.53. The summed E-state index contributed by atoms with van der Waals surface area (Å²) in [5.74, 6) is 2.56. The molecule has 1 atom stereocenters. The molecule has 4 nitrogen and oxygen atoms in total. The molecule has 0 amide bonds. The zero-order chi connectivity index (χ0) is 20.7. The summed E-state index contributed by atoms with van der Waals surface area (Å²) >= 11 is 0. The molecule has 2 aromatic rings. The zero-order valence-electron chi connectivity index (χ0n) is 17.4. The highest BCUT2D eigenvalue weighted by Crippen LogP contribution is 2.41. The lowest BCUT2D eigenvalue weighted by Gasteiger charge is -2.35. The Hall–Kier alpha value is -1.86. The monoisotopic (exact) mass is 452 g/mol. The van der Waals surface area contributed by atoms with Gasteiger partial charge in [0, 0.05) is 43.5 Å². The van der Waals surface area contributed by atoms with Crippen LogP contribution in [0.3, 0.4) is 0 Å². The predicted molar refractivity (Wildman–Crippen MR) is 117 cm³/mol. The first kappa shape index (κ1) is 22.3. The zero-order valence-corrected chi connectivity index (χ0v) is 18.2. The summed E-state index contributed by atoms with van der Waals surface area (Å²) in [7, 11) is 0. The van der Waals surface area contributed by atoms with Gasteiger partial charge < -0.3 is 10.2 Å². The summed E-state index contributed by atoms with van der Waals surface area (Å²) in [5.41, 5.74) is 2.61. The average molecular weight is 453 g/mol. The van der Waals surface area contributed by atoms with E-state index in [4.69, 9.17) is 9.97 Å². The highest BCUT2D eigenvalue weighted by atomic mass is 35.5. The van der Waals surface area contributed by atoms with Gasteiger partial charge in [0.05, 0.1) is 11.3 Å². The molecule has 2 fully saturated rings. The van der Waals surface area contributed by atoms with Crippen LogP contribution in [0.4, 0.5) is 19.0 Å². The highest BCUT2D eigenvalue weighted by molar-refractivity contribution is 5.85. The summed E-state index contributed by atoms with van der Waals surface area (Å²) < 4.78 is 39.6. The van der Waals surface area contributed by atoms with Crippen LogP contribution in [0.1, 0.15) is 65.7 Å². The number of nitrogens with zero attached hydrogens (tertiary/aromatic N) is 3. The Kier molecular flexibility index (Phi) is 6.44. The fourth-order valence-corrected chi connectivity index (χ4v) is 4.74. The van der Waals surface area contributed by atoms with E-state index in [1.54, 1.807) is 0 Å². The van der Waals surface area contributed by atoms with Crippen molar-refractivity contribution in [3.05, 3.63) is 52.5 Å². The molecule has 0 bridgehead atoms. The normalized spacial score (nSPS) is 21.8. The van der Waals surface area contributed by atoms with Crippen LogP contribution < -0.4 is 10.2 Å². The number of aromatic nitrogens is 2. The van der Waals surface area contributed by atoms with Gasteiger partial charge in [-0.25, -0.2) is 9.97 Å². The number of hydrogen-bond acceptors (Lipinski definition) is 4. The van der Waals surface area contributed by atoms with Crippen LogP contribution in [-0.2, 0) is 19.0 Å². The smallest absolute Gasteiger partial charge is 0.356 e. The fourth-order valence-electron chi connectivity index (χ4n) is 4.74. The molecule has 168 valence electrons. The molecule has 0 radical (unpaired) electrons. The molecule has 1 aromatic carbocycles. The third-order valence-electron chi connectivity index (χ3n) is 6.53. The number of hydrogen-bond donors (Lipinski definition) is 1. The van der Waals surface area contributed by atoms with Crippen molar-refractivity contribution in [1.82, 2.24) is 15.3 Å². The number of nitrogens with one attached hydrogen (secondary N) is 1. The summed E-state index contributed by atoms with van der Waals surface area (Å²) in [6.07, 6.45) is 1.68. The quantitative estimate of drug-likeness (QED) is 0.721. The SMILES string of the molecule is Cl.FC(F)(F)c1cccc(C2CCCN(c3nc(C4CC4)nc4c3CCNCC4)C2)c1. The van der Waals surface area contributed by atoms with Crippen LogP contribution in [0.15, 0.2) is 24.3 Å². The van der Waals surface area contributed by atoms with E-state index in [1.807, 2.05) is 6.07 Å². The summed E-state index contributed by atoms with van der Waals surface area (Å²) in [4.78, 5) is 12.2. The lowest BCUT2D eigenvalue weighted by Crippen LogP contribution is -2.36. The van der Waals surface area contributed by atoms with Crippen molar-refractivity contribution < 1.29 is 13.2 Å². The molecular formula is C23H28ClF3N4. The van der Waals surface area contributed by atoms with Crippen LogP contribution in [0.25, 0.3) is 0 Å². The van der Waals surface area contributed by atoms with E-state index in [1.165, 1.54) is 17.7 Å². The van der Waals surface area contributed by atoms with Gasteiger partial charge in [-0.3, -0.25) is 0 Å². The van der Waals surface area contributed by atoms with Gasteiger partial charge >= 0.3 is 6.18 Å². The Morgan fingerprint density at radius 3 is 2.58 bits per heavy atom. The summed E-state index contributed by atoms with van der Waals surface area (Å²) in [5, 5.41) is 3.45. The van der Waals surface area contributed by atoms with Crippen molar-refractivity contribution in [2.24, 2.45) is 0 Å². The molecule has 1 saturated carbocycles. The van der Waals surface area contributed by atoms with E-state index in [2.05, 4.69) is 10.2 Å². The maximum atomic E-state index is 13.2. The molecule has 5 rings (SSSR count). The van der Waals surface area contributed by atoms with E-state index in [9.17, 15) is 13.2 Å². The van der Waals surface area contributed by atoms with Crippen LogP contribution >= 0.6 is 12.4 Å². The van der Waals surface area contributed by atoms with Gasteiger partial charge in [0.2, 0.25) is 0 Å². The number of rotatable bonds is 3. The molecule has 1 saturated heterocycles. The van der Waals surface area contributed by atoms with E-state index in [0.29, 0.717) is 12.5 Å². The Bertz CT molecular complexity index is 930. The van der Waals surface area contributed by atoms with Gasteiger partial charge in [-0.15, -0.1) is 12.4 Å². The fraction of sp³-hybridized carbons (Fsp3) is 0.565. The number of benzene rings is 1. The number of alkyl halides is 3. The molecular weight excluding hydrogens is 425 g/mol.